The molecule has 1 aromatic rings. The zero-order chi connectivity index (χ0) is 21.2. The van der Waals surface area contributed by atoms with E-state index in [4.69, 9.17) is 0 Å². The van der Waals surface area contributed by atoms with Crippen LogP contribution in [0.5, 0.6) is 0 Å². The van der Waals surface area contributed by atoms with Gasteiger partial charge < -0.3 is 10.4 Å². The predicted molar refractivity (Wildman–Crippen MR) is 121 cm³/mol. The van der Waals surface area contributed by atoms with Crippen LogP contribution in [0.4, 0.5) is 0 Å². The molecule has 2 fully saturated rings. The van der Waals surface area contributed by atoms with Crippen LogP contribution in [0.1, 0.15) is 74.1 Å². The van der Waals surface area contributed by atoms with Gasteiger partial charge in [-0.2, -0.15) is 0 Å². The fraction of sp³-hybridized carbons (Fsp3) is 0.593. The van der Waals surface area contributed by atoms with Gasteiger partial charge in [0.15, 0.2) is 5.78 Å². The number of ketones is 1. The number of carbonyl (C=O) groups excluding carboxylic acids is 1. The third-order valence-corrected chi connectivity index (χ3v) is 8.87. The fourth-order valence-corrected chi connectivity index (χ4v) is 7.04. The highest BCUT2D eigenvalue weighted by atomic mass is 16.3. The van der Waals surface area contributed by atoms with Crippen LogP contribution in [0.3, 0.4) is 0 Å². The minimum atomic E-state index is -0.282. The minimum absolute atomic E-state index is 0.00528. The lowest BCUT2D eigenvalue weighted by Gasteiger charge is -2.45. The number of carbonyl (C=O) groups is 1. The van der Waals surface area contributed by atoms with Crippen LogP contribution in [-0.2, 0) is 11.2 Å². The summed E-state index contributed by atoms with van der Waals surface area (Å²) in [6.07, 6.45) is 9.75. The summed E-state index contributed by atoms with van der Waals surface area (Å²) >= 11 is 0. The molecule has 0 aromatic heterocycles. The molecule has 160 valence electrons. The molecule has 1 aromatic carbocycles. The first kappa shape index (κ1) is 20.2. The van der Waals surface area contributed by atoms with Gasteiger partial charge in [0.1, 0.15) is 0 Å². The van der Waals surface area contributed by atoms with Gasteiger partial charge >= 0.3 is 0 Å². The zero-order valence-corrected chi connectivity index (χ0v) is 18.7. The molecule has 0 spiro atoms. The molecule has 30 heavy (non-hydrogen) atoms. The Morgan fingerprint density at radius 2 is 2.10 bits per heavy atom. The molecular formula is C27H35NO2. The molecule has 5 rings (SSSR count). The second-order valence-electron chi connectivity index (χ2n) is 10.6. The average Bonchev–Trinajstić information content (AvgIpc) is 3.09. The highest BCUT2D eigenvalue weighted by Crippen LogP contribution is 2.59. The van der Waals surface area contributed by atoms with E-state index in [1.54, 1.807) is 6.08 Å². The first-order valence-corrected chi connectivity index (χ1v) is 11.8. The molecule has 1 aliphatic heterocycles. The standard InChI is InChI=1S/C27H35NO2/c1-15-11-25(30)26(28-14-15)17(3)20-7-8-21-22-6-5-18-12-19(29)9-10-27(18,4)24(22)13-23(21)16(20)2/h7-10,12,15,17,22,24-26,28,30H,5-6,11,13-14H2,1-4H3/t15-,17-,22-,24-,25+,26-,27-/m0/s1. The summed E-state index contributed by atoms with van der Waals surface area (Å²) in [5.41, 5.74) is 7.20. The number of hydrogen-bond donors (Lipinski definition) is 2. The molecule has 0 unspecified atom stereocenters. The molecule has 1 heterocycles. The lowest BCUT2D eigenvalue weighted by atomic mass is 9.59. The number of benzene rings is 1. The predicted octanol–water partition coefficient (Wildman–Crippen LogP) is 4.58. The molecule has 0 bridgehead atoms. The van der Waals surface area contributed by atoms with Crippen molar-refractivity contribution in [2.75, 3.05) is 6.54 Å². The first-order valence-electron chi connectivity index (χ1n) is 11.8. The molecule has 2 N–H and O–H groups in total. The highest BCUT2D eigenvalue weighted by molar-refractivity contribution is 6.01. The number of piperidine rings is 1. The molecular weight excluding hydrogens is 370 g/mol. The van der Waals surface area contributed by atoms with Gasteiger partial charge in [-0.3, -0.25) is 4.79 Å². The quantitative estimate of drug-likeness (QED) is 0.757. The molecule has 3 aliphatic carbocycles. The Morgan fingerprint density at radius 1 is 1.30 bits per heavy atom. The van der Waals surface area contributed by atoms with Crippen molar-refractivity contribution in [3.05, 3.63) is 58.2 Å². The van der Waals surface area contributed by atoms with Crippen molar-refractivity contribution in [2.24, 2.45) is 17.3 Å². The Bertz CT molecular complexity index is 944. The Kier molecular flexibility index (Phi) is 4.83. The van der Waals surface area contributed by atoms with E-state index in [-0.39, 0.29) is 23.3 Å². The SMILES string of the molecule is Cc1c([C@H](C)[C@@H]2NC[C@@H](C)C[C@H]2O)ccc2c1C[C@H]1[C@H]2CCC2=CC(=O)C=C[C@@]21C. The minimum Gasteiger partial charge on any atom is -0.391 e. The van der Waals surface area contributed by atoms with E-state index < -0.39 is 0 Å². The maximum Gasteiger partial charge on any atom is 0.178 e. The summed E-state index contributed by atoms with van der Waals surface area (Å²) in [6.45, 7) is 10.1. The second kappa shape index (κ2) is 7.17. The van der Waals surface area contributed by atoms with Gasteiger partial charge in [0, 0.05) is 11.5 Å². The van der Waals surface area contributed by atoms with Crippen LogP contribution in [0.15, 0.2) is 35.9 Å². The number of aliphatic hydroxyl groups is 1. The van der Waals surface area contributed by atoms with Crippen molar-refractivity contribution in [3.63, 3.8) is 0 Å². The van der Waals surface area contributed by atoms with Gasteiger partial charge in [-0.25, -0.2) is 0 Å². The first-order chi connectivity index (χ1) is 14.3. The molecule has 3 nitrogen and oxygen atoms in total. The van der Waals surface area contributed by atoms with Crippen molar-refractivity contribution < 1.29 is 9.90 Å². The summed E-state index contributed by atoms with van der Waals surface area (Å²) in [5.74, 6) is 2.10. The van der Waals surface area contributed by atoms with Crippen LogP contribution in [0.2, 0.25) is 0 Å². The van der Waals surface area contributed by atoms with Gasteiger partial charge in [0.2, 0.25) is 0 Å². The Morgan fingerprint density at radius 3 is 2.87 bits per heavy atom. The van der Waals surface area contributed by atoms with Crippen molar-refractivity contribution in [1.29, 1.82) is 0 Å². The largest absolute Gasteiger partial charge is 0.391 e. The molecule has 1 saturated heterocycles. The van der Waals surface area contributed by atoms with E-state index in [1.807, 2.05) is 6.08 Å². The Labute approximate surface area is 180 Å². The number of rotatable bonds is 2. The Hall–Kier alpha value is -1.71. The molecule has 1 saturated carbocycles. The smallest absolute Gasteiger partial charge is 0.178 e. The van der Waals surface area contributed by atoms with E-state index in [0.29, 0.717) is 23.7 Å². The fourth-order valence-electron chi connectivity index (χ4n) is 7.04. The average molecular weight is 406 g/mol. The van der Waals surface area contributed by atoms with E-state index in [2.05, 4.69) is 51.2 Å². The lowest BCUT2D eigenvalue weighted by molar-refractivity contribution is -0.110. The van der Waals surface area contributed by atoms with Gasteiger partial charge in [-0.1, -0.05) is 44.6 Å². The molecule has 3 heteroatoms. The topological polar surface area (TPSA) is 49.3 Å². The third kappa shape index (κ3) is 2.97. The zero-order valence-electron chi connectivity index (χ0n) is 18.7. The second-order valence-corrected chi connectivity index (χ2v) is 10.6. The molecule has 4 aliphatic rings. The third-order valence-electron chi connectivity index (χ3n) is 8.87. The maximum absolute atomic E-state index is 12.0. The van der Waals surface area contributed by atoms with Crippen molar-refractivity contribution in [3.8, 4) is 0 Å². The summed E-state index contributed by atoms with van der Waals surface area (Å²) in [7, 11) is 0. The van der Waals surface area contributed by atoms with Crippen LogP contribution in [-0.4, -0.2) is 29.6 Å². The highest BCUT2D eigenvalue weighted by Gasteiger charge is 2.49. The van der Waals surface area contributed by atoms with Crippen LogP contribution < -0.4 is 5.32 Å². The summed E-state index contributed by atoms with van der Waals surface area (Å²) in [6, 6.07) is 4.84. The number of nitrogens with one attached hydrogen (secondary N) is 1. The van der Waals surface area contributed by atoms with E-state index in [9.17, 15) is 9.90 Å². The van der Waals surface area contributed by atoms with Gasteiger partial charge in [-0.15, -0.1) is 0 Å². The van der Waals surface area contributed by atoms with Crippen LogP contribution in [0.25, 0.3) is 0 Å². The number of fused-ring (bicyclic) bond motifs is 5. The van der Waals surface area contributed by atoms with Gasteiger partial charge in [-0.05, 0) is 97.2 Å². The van der Waals surface area contributed by atoms with Gasteiger partial charge in [0.05, 0.1) is 6.10 Å². The normalized spacial score (nSPS) is 38.5. The monoisotopic (exact) mass is 405 g/mol. The number of aliphatic hydroxyl groups excluding tert-OH is 1. The van der Waals surface area contributed by atoms with E-state index >= 15 is 0 Å². The number of hydrogen-bond acceptors (Lipinski definition) is 3. The Balaban J connectivity index is 1.47. The van der Waals surface area contributed by atoms with Gasteiger partial charge in [0.25, 0.3) is 0 Å². The molecule has 0 radical (unpaired) electrons. The van der Waals surface area contributed by atoms with Crippen molar-refractivity contribution >= 4 is 5.78 Å². The summed E-state index contributed by atoms with van der Waals surface area (Å²) < 4.78 is 0. The lowest BCUT2D eigenvalue weighted by Crippen LogP contribution is -2.50. The van der Waals surface area contributed by atoms with E-state index in [0.717, 1.165) is 32.2 Å². The molecule has 7 atom stereocenters. The molecule has 0 amide bonds. The maximum atomic E-state index is 12.0. The van der Waals surface area contributed by atoms with Crippen molar-refractivity contribution in [1.82, 2.24) is 5.32 Å². The van der Waals surface area contributed by atoms with Crippen LogP contribution >= 0.6 is 0 Å². The summed E-state index contributed by atoms with van der Waals surface area (Å²) in [5, 5.41) is 14.3. The summed E-state index contributed by atoms with van der Waals surface area (Å²) in [4.78, 5) is 12.0. The van der Waals surface area contributed by atoms with E-state index in [1.165, 1.54) is 27.8 Å². The van der Waals surface area contributed by atoms with Crippen molar-refractivity contribution in [2.45, 2.75) is 77.4 Å². The number of allylic oxidation sites excluding steroid dienone is 4. The van der Waals surface area contributed by atoms with Crippen LogP contribution in [0, 0.1) is 24.2 Å².